The molecular formula is C19H21N3O. The SMILES string of the molecule is C[C@H](CC(=O)NCCc1cn2ccccc2n1)c1ccccc1. The maximum Gasteiger partial charge on any atom is 0.220 e. The van der Waals surface area contributed by atoms with E-state index in [9.17, 15) is 4.79 Å². The van der Waals surface area contributed by atoms with Crippen LogP contribution in [0.15, 0.2) is 60.9 Å². The van der Waals surface area contributed by atoms with Gasteiger partial charge in [-0.15, -0.1) is 0 Å². The zero-order chi connectivity index (χ0) is 16.1. The number of imidazole rings is 1. The Kier molecular flexibility index (Phi) is 4.71. The third-order valence-electron chi connectivity index (χ3n) is 3.98. The van der Waals surface area contributed by atoms with Gasteiger partial charge in [-0.05, 0) is 23.6 Å². The molecular weight excluding hydrogens is 286 g/mol. The molecule has 1 aromatic carbocycles. The largest absolute Gasteiger partial charge is 0.356 e. The number of fused-ring (bicyclic) bond motifs is 1. The van der Waals surface area contributed by atoms with Crippen LogP contribution in [-0.2, 0) is 11.2 Å². The zero-order valence-corrected chi connectivity index (χ0v) is 13.3. The molecule has 0 aliphatic rings. The van der Waals surface area contributed by atoms with Gasteiger partial charge in [0.25, 0.3) is 0 Å². The number of carbonyl (C=O) groups excluding carboxylic acids is 1. The van der Waals surface area contributed by atoms with Crippen molar-refractivity contribution in [3.63, 3.8) is 0 Å². The monoisotopic (exact) mass is 307 g/mol. The summed E-state index contributed by atoms with van der Waals surface area (Å²) in [6, 6.07) is 16.1. The van der Waals surface area contributed by atoms with Crippen LogP contribution < -0.4 is 5.32 Å². The third kappa shape index (κ3) is 3.97. The van der Waals surface area contributed by atoms with Crippen molar-refractivity contribution in [1.29, 1.82) is 0 Å². The second-order valence-electron chi connectivity index (χ2n) is 5.81. The molecule has 0 unspecified atom stereocenters. The summed E-state index contributed by atoms with van der Waals surface area (Å²) in [5.74, 6) is 0.316. The Labute approximate surface area is 136 Å². The van der Waals surface area contributed by atoms with Crippen LogP contribution in [0.2, 0.25) is 0 Å². The fourth-order valence-corrected chi connectivity index (χ4v) is 2.69. The van der Waals surface area contributed by atoms with Gasteiger partial charge in [-0.25, -0.2) is 4.98 Å². The topological polar surface area (TPSA) is 46.4 Å². The van der Waals surface area contributed by atoms with Gasteiger partial charge >= 0.3 is 0 Å². The summed E-state index contributed by atoms with van der Waals surface area (Å²) in [6.07, 6.45) is 5.24. The Hall–Kier alpha value is -2.62. The van der Waals surface area contributed by atoms with Crippen LogP contribution in [0.1, 0.15) is 30.5 Å². The lowest BCUT2D eigenvalue weighted by Crippen LogP contribution is -2.26. The molecule has 0 aliphatic carbocycles. The van der Waals surface area contributed by atoms with Gasteiger partial charge in [0.05, 0.1) is 5.69 Å². The molecule has 1 amide bonds. The molecule has 2 heterocycles. The van der Waals surface area contributed by atoms with Crippen LogP contribution in [0, 0.1) is 0 Å². The van der Waals surface area contributed by atoms with Crippen molar-refractivity contribution in [3.05, 3.63) is 72.2 Å². The molecule has 0 spiro atoms. The lowest BCUT2D eigenvalue weighted by Gasteiger charge is -2.11. The van der Waals surface area contributed by atoms with Crippen LogP contribution in [-0.4, -0.2) is 21.8 Å². The van der Waals surface area contributed by atoms with E-state index in [1.807, 2.05) is 53.2 Å². The van der Waals surface area contributed by atoms with E-state index in [0.717, 1.165) is 17.8 Å². The maximum atomic E-state index is 12.1. The molecule has 1 N–H and O–H groups in total. The molecule has 0 radical (unpaired) electrons. The third-order valence-corrected chi connectivity index (χ3v) is 3.98. The number of aromatic nitrogens is 2. The standard InChI is InChI=1S/C19H21N3O/c1-15(16-7-3-2-4-8-16)13-19(23)20-11-10-17-14-22-12-6-5-9-18(22)21-17/h2-9,12,14-15H,10-11,13H2,1H3,(H,20,23)/t15-/m1/s1. The molecule has 3 rings (SSSR count). The lowest BCUT2D eigenvalue weighted by molar-refractivity contribution is -0.121. The molecule has 2 aromatic heterocycles. The molecule has 0 fully saturated rings. The summed E-state index contributed by atoms with van der Waals surface area (Å²) in [5, 5.41) is 2.99. The summed E-state index contributed by atoms with van der Waals surface area (Å²) < 4.78 is 1.99. The van der Waals surface area contributed by atoms with Gasteiger partial charge in [-0.2, -0.15) is 0 Å². The molecule has 118 valence electrons. The summed E-state index contributed by atoms with van der Waals surface area (Å²) in [4.78, 5) is 16.6. The van der Waals surface area contributed by atoms with Crippen LogP contribution in [0.4, 0.5) is 0 Å². The zero-order valence-electron chi connectivity index (χ0n) is 13.3. The van der Waals surface area contributed by atoms with E-state index >= 15 is 0 Å². The number of pyridine rings is 1. The molecule has 0 bridgehead atoms. The van der Waals surface area contributed by atoms with E-state index in [1.165, 1.54) is 5.56 Å². The van der Waals surface area contributed by atoms with Crippen molar-refractivity contribution >= 4 is 11.6 Å². The number of amides is 1. The normalized spacial score (nSPS) is 12.2. The summed E-state index contributed by atoms with van der Waals surface area (Å²) in [7, 11) is 0. The second kappa shape index (κ2) is 7.09. The fourth-order valence-electron chi connectivity index (χ4n) is 2.69. The quantitative estimate of drug-likeness (QED) is 0.760. The van der Waals surface area contributed by atoms with E-state index < -0.39 is 0 Å². The molecule has 0 saturated carbocycles. The first-order valence-electron chi connectivity index (χ1n) is 7.96. The van der Waals surface area contributed by atoms with Gasteiger partial charge in [0.2, 0.25) is 5.91 Å². The van der Waals surface area contributed by atoms with Gasteiger partial charge < -0.3 is 9.72 Å². The maximum absolute atomic E-state index is 12.1. The Morgan fingerprint density at radius 1 is 1.17 bits per heavy atom. The summed E-state index contributed by atoms with van der Waals surface area (Å²) >= 11 is 0. The summed E-state index contributed by atoms with van der Waals surface area (Å²) in [6.45, 7) is 2.70. The molecule has 0 aliphatic heterocycles. The minimum atomic E-state index is 0.0881. The van der Waals surface area contributed by atoms with Crippen LogP contribution in [0.25, 0.3) is 5.65 Å². The molecule has 4 heteroatoms. The number of benzene rings is 1. The Balaban J connectivity index is 1.47. The Morgan fingerprint density at radius 2 is 1.96 bits per heavy atom. The van der Waals surface area contributed by atoms with Crippen LogP contribution >= 0.6 is 0 Å². The lowest BCUT2D eigenvalue weighted by atomic mass is 9.97. The van der Waals surface area contributed by atoms with E-state index in [4.69, 9.17) is 0 Å². The fraction of sp³-hybridized carbons (Fsp3) is 0.263. The van der Waals surface area contributed by atoms with Crippen molar-refractivity contribution in [2.45, 2.75) is 25.7 Å². The smallest absolute Gasteiger partial charge is 0.220 e. The number of carbonyl (C=O) groups is 1. The van der Waals surface area contributed by atoms with E-state index in [0.29, 0.717) is 13.0 Å². The number of nitrogens with one attached hydrogen (secondary N) is 1. The second-order valence-corrected chi connectivity index (χ2v) is 5.81. The van der Waals surface area contributed by atoms with Gasteiger partial charge in [-0.1, -0.05) is 43.3 Å². The average Bonchev–Trinajstić information content (AvgIpc) is 2.98. The van der Waals surface area contributed by atoms with Gasteiger partial charge in [0.15, 0.2) is 0 Å². The summed E-state index contributed by atoms with van der Waals surface area (Å²) in [5.41, 5.74) is 3.13. The van der Waals surface area contributed by atoms with Crippen molar-refractivity contribution in [2.24, 2.45) is 0 Å². The number of nitrogens with zero attached hydrogens (tertiary/aromatic N) is 2. The van der Waals surface area contributed by atoms with Crippen molar-refractivity contribution in [3.8, 4) is 0 Å². The molecule has 3 aromatic rings. The molecule has 4 nitrogen and oxygen atoms in total. The van der Waals surface area contributed by atoms with Crippen molar-refractivity contribution in [2.75, 3.05) is 6.54 Å². The number of hydrogen-bond donors (Lipinski definition) is 1. The first-order valence-corrected chi connectivity index (χ1v) is 7.96. The highest BCUT2D eigenvalue weighted by molar-refractivity contribution is 5.76. The minimum Gasteiger partial charge on any atom is -0.356 e. The van der Waals surface area contributed by atoms with Crippen LogP contribution in [0.5, 0.6) is 0 Å². The van der Waals surface area contributed by atoms with Gasteiger partial charge in [-0.3, -0.25) is 4.79 Å². The minimum absolute atomic E-state index is 0.0881. The highest BCUT2D eigenvalue weighted by Gasteiger charge is 2.10. The number of rotatable bonds is 6. The van der Waals surface area contributed by atoms with E-state index in [1.54, 1.807) is 0 Å². The molecule has 1 atom stereocenters. The van der Waals surface area contributed by atoms with E-state index in [2.05, 4.69) is 29.4 Å². The average molecular weight is 307 g/mol. The first kappa shape index (κ1) is 15.3. The Bertz CT molecular complexity index is 746. The first-order chi connectivity index (χ1) is 11.2. The number of hydrogen-bond acceptors (Lipinski definition) is 2. The van der Waals surface area contributed by atoms with Gasteiger partial charge in [0.1, 0.15) is 5.65 Å². The molecule has 23 heavy (non-hydrogen) atoms. The van der Waals surface area contributed by atoms with E-state index in [-0.39, 0.29) is 11.8 Å². The predicted octanol–water partition coefficient (Wildman–Crippen LogP) is 3.19. The highest BCUT2D eigenvalue weighted by atomic mass is 16.1. The van der Waals surface area contributed by atoms with Crippen molar-refractivity contribution < 1.29 is 4.79 Å². The highest BCUT2D eigenvalue weighted by Crippen LogP contribution is 2.17. The Morgan fingerprint density at radius 3 is 2.74 bits per heavy atom. The van der Waals surface area contributed by atoms with Gasteiger partial charge in [0, 0.05) is 31.8 Å². The predicted molar refractivity (Wildman–Crippen MR) is 91.4 cm³/mol. The molecule has 0 saturated heterocycles. The van der Waals surface area contributed by atoms with Crippen molar-refractivity contribution in [1.82, 2.24) is 14.7 Å². The van der Waals surface area contributed by atoms with Crippen LogP contribution in [0.3, 0.4) is 0 Å².